The van der Waals surface area contributed by atoms with Crippen LogP contribution in [0.5, 0.6) is 0 Å². The van der Waals surface area contributed by atoms with E-state index in [0.29, 0.717) is 19.3 Å². The first kappa shape index (κ1) is 57.1. The van der Waals surface area contributed by atoms with E-state index < -0.39 is 18.2 Å². The van der Waals surface area contributed by atoms with Crippen LogP contribution >= 0.6 is 0 Å². The Balaban J connectivity index is 4.49. The summed E-state index contributed by atoms with van der Waals surface area (Å²) in [5.41, 5.74) is 0. The summed E-state index contributed by atoms with van der Waals surface area (Å²) in [6.45, 7) is 6.45. The van der Waals surface area contributed by atoms with E-state index >= 15 is 0 Å². The molecule has 0 aliphatic carbocycles. The Kier molecular flexibility index (Phi) is 45.6. The first-order chi connectivity index (χ1) is 29.0. The average Bonchev–Trinajstić information content (AvgIpc) is 3.23. The number of ether oxygens (including phenoxy) is 1. The maximum absolute atomic E-state index is 13.2. The summed E-state index contributed by atoms with van der Waals surface area (Å²) >= 11 is 0. The molecule has 6 heteroatoms. The minimum Gasteiger partial charge on any atom is -0.462 e. The van der Waals surface area contributed by atoms with Crippen LogP contribution in [0, 0.1) is 0 Å². The molecule has 0 heterocycles. The number of allylic oxidation sites excluding steroid dienone is 6. The zero-order chi connectivity index (χ0) is 43.1. The zero-order valence-corrected chi connectivity index (χ0v) is 39.4. The van der Waals surface area contributed by atoms with Crippen LogP contribution in [0.2, 0.25) is 0 Å². The second-order valence-electron chi connectivity index (χ2n) is 17.6. The highest BCUT2D eigenvalue weighted by Gasteiger charge is 2.24. The molecule has 0 radical (unpaired) electrons. The van der Waals surface area contributed by atoms with Crippen molar-refractivity contribution in [1.29, 1.82) is 0 Å². The zero-order valence-electron chi connectivity index (χ0n) is 39.4. The van der Waals surface area contributed by atoms with E-state index in [2.05, 4.69) is 62.5 Å². The number of aliphatic hydroxyl groups is 2. The Hall–Kier alpha value is -1.92. The summed E-state index contributed by atoms with van der Waals surface area (Å²) in [6, 6.07) is -0.699. The number of unbranched alkanes of at least 4 members (excludes halogenated alkanes) is 28. The van der Waals surface area contributed by atoms with E-state index in [0.717, 1.165) is 70.6 Å². The number of carbonyl (C=O) groups is 2. The predicted molar refractivity (Wildman–Crippen MR) is 255 cm³/mol. The van der Waals surface area contributed by atoms with Gasteiger partial charge in [0.05, 0.1) is 25.2 Å². The number of nitrogens with one attached hydrogen (secondary N) is 1. The van der Waals surface area contributed by atoms with Gasteiger partial charge in [-0.3, -0.25) is 9.59 Å². The van der Waals surface area contributed by atoms with Gasteiger partial charge < -0.3 is 20.3 Å². The largest absolute Gasteiger partial charge is 0.462 e. The van der Waals surface area contributed by atoms with E-state index in [-0.39, 0.29) is 24.9 Å². The number of rotatable bonds is 46. The maximum Gasteiger partial charge on any atom is 0.306 e. The fourth-order valence-electron chi connectivity index (χ4n) is 7.79. The maximum atomic E-state index is 13.2. The van der Waals surface area contributed by atoms with Crippen molar-refractivity contribution in [1.82, 2.24) is 5.32 Å². The average molecular weight is 830 g/mol. The molecule has 0 saturated carbocycles. The predicted octanol–water partition coefficient (Wildman–Crippen LogP) is 15.3. The summed E-state index contributed by atoms with van der Waals surface area (Å²) in [6.07, 6.45) is 54.9. The minimum absolute atomic E-state index is 0.0755. The molecule has 0 aromatic heterocycles. The molecule has 3 atom stereocenters. The van der Waals surface area contributed by atoms with Crippen molar-refractivity contribution in [3.05, 3.63) is 36.5 Å². The van der Waals surface area contributed by atoms with Crippen LogP contribution < -0.4 is 5.32 Å². The summed E-state index contributed by atoms with van der Waals surface area (Å²) < 4.78 is 5.92. The lowest BCUT2D eigenvalue weighted by molar-refractivity contribution is -0.151. The monoisotopic (exact) mass is 830 g/mol. The Morgan fingerprint density at radius 2 is 0.864 bits per heavy atom. The Morgan fingerprint density at radius 1 is 0.492 bits per heavy atom. The molecule has 0 fully saturated rings. The topological polar surface area (TPSA) is 95.9 Å². The van der Waals surface area contributed by atoms with Crippen molar-refractivity contribution in [3.8, 4) is 0 Å². The van der Waals surface area contributed by atoms with Crippen LogP contribution in [0.4, 0.5) is 0 Å². The lowest BCUT2D eigenvalue weighted by atomic mass is 10.0. The second kappa shape index (κ2) is 47.1. The lowest BCUT2D eigenvalue weighted by Gasteiger charge is -2.24. The van der Waals surface area contributed by atoms with Gasteiger partial charge in [-0.15, -0.1) is 0 Å². The van der Waals surface area contributed by atoms with Gasteiger partial charge in [-0.1, -0.05) is 224 Å². The number of amides is 1. The van der Waals surface area contributed by atoms with E-state index in [9.17, 15) is 19.8 Å². The van der Waals surface area contributed by atoms with Gasteiger partial charge in [-0.25, -0.2) is 0 Å². The van der Waals surface area contributed by atoms with Gasteiger partial charge in [0.2, 0.25) is 5.91 Å². The number of hydrogen-bond acceptors (Lipinski definition) is 5. The van der Waals surface area contributed by atoms with Gasteiger partial charge in [0, 0.05) is 6.42 Å². The van der Waals surface area contributed by atoms with Gasteiger partial charge in [0.1, 0.15) is 6.10 Å². The quantitative estimate of drug-likeness (QED) is 0.0323. The molecule has 0 bridgehead atoms. The van der Waals surface area contributed by atoms with Gasteiger partial charge in [0.25, 0.3) is 0 Å². The smallest absolute Gasteiger partial charge is 0.306 e. The number of aliphatic hydroxyl groups excluding tert-OH is 2. The molecular weight excluding hydrogens is 731 g/mol. The molecule has 346 valence electrons. The molecule has 0 aromatic carbocycles. The summed E-state index contributed by atoms with van der Waals surface area (Å²) in [5.74, 6) is -0.480. The van der Waals surface area contributed by atoms with Crippen molar-refractivity contribution in [3.63, 3.8) is 0 Å². The third kappa shape index (κ3) is 42.6. The molecular formula is C53H99NO5. The van der Waals surface area contributed by atoms with Gasteiger partial charge >= 0.3 is 5.97 Å². The molecule has 59 heavy (non-hydrogen) atoms. The van der Waals surface area contributed by atoms with E-state index in [1.165, 1.54) is 148 Å². The second-order valence-corrected chi connectivity index (χ2v) is 17.6. The SMILES string of the molecule is CCCCC/C=C\C/C=C\C/C=C\CCCCCCCCC(=O)OC(CCCCCCCCCCCC)CC(=O)NC(CO)C(O)CCCCCCCCCCCCC. The van der Waals surface area contributed by atoms with Crippen molar-refractivity contribution in [2.24, 2.45) is 0 Å². The molecule has 0 aromatic rings. The fraction of sp³-hybridized carbons (Fsp3) is 0.849. The van der Waals surface area contributed by atoms with Crippen LogP contribution in [0.15, 0.2) is 36.5 Å². The highest BCUT2D eigenvalue weighted by molar-refractivity contribution is 5.77. The van der Waals surface area contributed by atoms with Crippen LogP contribution in [-0.4, -0.2) is 46.9 Å². The van der Waals surface area contributed by atoms with Crippen LogP contribution in [0.3, 0.4) is 0 Å². The third-order valence-electron chi connectivity index (χ3n) is 11.7. The number of esters is 1. The normalized spacial score (nSPS) is 13.5. The Morgan fingerprint density at radius 3 is 1.34 bits per heavy atom. The van der Waals surface area contributed by atoms with Gasteiger partial charge in [-0.2, -0.15) is 0 Å². The number of carbonyl (C=O) groups excluding carboxylic acids is 2. The van der Waals surface area contributed by atoms with E-state index in [4.69, 9.17) is 4.74 Å². The molecule has 0 saturated heterocycles. The highest BCUT2D eigenvalue weighted by atomic mass is 16.5. The summed E-state index contributed by atoms with van der Waals surface area (Å²) in [5, 5.41) is 23.7. The Bertz CT molecular complexity index is 977. The number of hydrogen-bond donors (Lipinski definition) is 3. The lowest BCUT2D eigenvalue weighted by Crippen LogP contribution is -2.46. The first-order valence-electron chi connectivity index (χ1n) is 25.7. The van der Waals surface area contributed by atoms with Crippen LogP contribution in [0.25, 0.3) is 0 Å². The van der Waals surface area contributed by atoms with Crippen molar-refractivity contribution in [2.75, 3.05) is 6.61 Å². The van der Waals surface area contributed by atoms with E-state index in [1.807, 2.05) is 0 Å². The van der Waals surface area contributed by atoms with Crippen molar-refractivity contribution >= 4 is 11.9 Å². The van der Waals surface area contributed by atoms with Crippen molar-refractivity contribution < 1.29 is 24.5 Å². The van der Waals surface area contributed by atoms with Gasteiger partial charge in [-0.05, 0) is 64.2 Å². The molecule has 3 unspecified atom stereocenters. The fourth-order valence-corrected chi connectivity index (χ4v) is 7.79. The first-order valence-corrected chi connectivity index (χ1v) is 25.7. The minimum atomic E-state index is -0.785. The highest BCUT2D eigenvalue weighted by Crippen LogP contribution is 2.18. The molecule has 0 rings (SSSR count). The molecule has 6 nitrogen and oxygen atoms in total. The molecule has 0 aliphatic rings. The van der Waals surface area contributed by atoms with Crippen molar-refractivity contribution in [2.45, 2.75) is 283 Å². The molecule has 3 N–H and O–H groups in total. The van der Waals surface area contributed by atoms with E-state index in [1.54, 1.807) is 0 Å². The summed E-state index contributed by atoms with van der Waals surface area (Å²) in [4.78, 5) is 26.1. The Labute approximate surface area is 366 Å². The third-order valence-corrected chi connectivity index (χ3v) is 11.7. The van der Waals surface area contributed by atoms with Crippen LogP contribution in [0.1, 0.15) is 265 Å². The summed E-state index contributed by atoms with van der Waals surface area (Å²) in [7, 11) is 0. The van der Waals surface area contributed by atoms with Crippen LogP contribution in [-0.2, 0) is 14.3 Å². The molecule has 1 amide bonds. The van der Waals surface area contributed by atoms with Gasteiger partial charge in [0.15, 0.2) is 0 Å². The molecule has 0 spiro atoms. The molecule has 0 aliphatic heterocycles. The standard InChI is InChI=1S/C53H99NO5/c1-4-7-10-13-16-19-22-23-24-25-26-27-28-29-31-34-37-40-43-46-53(58)59-49(44-41-38-35-32-21-18-15-12-9-6-3)47-52(57)54-50(48-55)51(56)45-42-39-36-33-30-20-17-14-11-8-5-2/h16,19,23-24,26-27,49-51,55-56H,4-15,17-18,20-22,25,28-48H2,1-3H3,(H,54,57)/b19-16-,24-23-,27-26-.